The summed E-state index contributed by atoms with van der Waals surface area (Å²) in [6, 6.07) is 11.6. The monoisotopic (exact) mass is 395 g/mol. The number of ether oxygens (including phenoxy) is 2. The van der Waals surface area contributed by atoms with E-state index in [0.29, 0.717) is 17.4 Å². The average Bonchev–Trinajstić information content (AvgIpc) is 3.14. The first-order valence-corrected chi connectivity index (χ1v) is 9.39. The predicted molar refractivity (Wildman–Crippen MR) is 110 cm³/mol. The van der Waals surface area contributed by atoms with Crippen LogP contribution in [0.5, 0.6) is 11.5 Å². The Balaban J connectivity index is 1.71. The fraction of sp³-hybridized carbons (Fsp3) is 0.318. The Bertz CT molecular complexity index is 1010. The van der Waals surface area contributed by atoms with Crippen LogP contribution in [-0.2, 0) is 4.79 Å². The third kappa shape index (κ3) is 4.74. The number of benzene rings is 2. The summed E-state index contributed by atoms with van der Waals surface area (Å²) < 4.78 is 15.9. The Morgan fingerprint density at radius 2 is 1.90 bits per heavy atom. The zero-order valence-corrected chi connectivity index (χ0v) is 17.3. The molecule has 0 saturated carbocycles. The SMILES string of the molecule is COc1ccc(-c2nonc2NC(=O)COc2cc(C)ccc2C(C)C)cc1C. The lowest BCUT2D eigenvalue weighted by Gasteiger charge is -2.14. The van der Waals surface area contributed by atoms with Crippen LogP contribution in [0.2, 0.25) is 0 Å². The van der Waals surface area contributed by atoms with Gasteiger partial charge in [0.05, 0.1) is 7.11 Å². The Kier molecular flexibility index (Phi) is 6.16. The Hall–Kier alpha value is -3.35. The molecule has 1 N–H and O–H groups in total. The lowest BCUT2D eigenvalue weighted by atomic mass is 10.0. The van der Waals surface area contributed by atoms with E-state index in [4.69, 9.17) is 14.1 Å². The minimum Gasteiger partial charge on any atom is -0.496 e. The molecule has 0 aliphatic rings. The summed E-state index contributed by atoms with van der Waals surface area (Å²) in [6.45, 7) is 7.94. The number of anilines is 1. The molecule has 1 aromatic heterocycles. The summed E-state index contributed by atoms with van der Waals surface area (Å²) in [5.41, 5.74) is 4.28. The van der Waals surface area contributed by atoms with Gasteiger partial charge in [0.1, 0.15) is 11.5 Å². The summed E-state index contributed by atoms with van der Waals surface area (Å²) >= 11 is 0. The number of amides is 1. The molecule has 0 aliphatic heterocycles. The van der Waals surface area contributed by atoms with Crippen molar-refractivity contribution in [2.45, 2.75) is 33.6 Å². The van der Waals surface area contributed by atoms with Crippen molar-refractivity contribution in [3.05, 3.63) is 53.1 Å². The van der Waals surface area contributed by atoms with Crippen molar-refractivity contribution in [3.63, 3.8) is 0 Å². The largest absolute Gasteiger partial charge is 0.496 e. The zero-order chi connectivity index (χ0) is 21.0. The maximum absolute atomic E-state index is 12.4. The van der Waals surface area contributed by atoms with Gasteiger partial charge in [0.25, 0.3) is 5.91 Å². The van der Waals surface area contributed by atoms with E-state index in [1.807, 2.05) is 50.2 Å². The Labute approximate surface area is 170 Å². The standard InChI is InChI=1S/C22H25N3O4/c1-13(2)17-8-6-14(3)10-19(17)28-12-20(26)23-22-21(24-29-25-22)16-7-9-18(27-5)15(4)11-16/h6-11,13H,12H2,1-5H3,(H,23,25,26). The van der Waals surface area contributed by atoms with E-state index in [2.05, 4.69) is 29.5 Å². The predicted octanol–water partition coefficient (Wildman–Crippen LogP) is 4.50. The molecule has 0 fully saturated rings. The number of hydrogen-bond donors (Lipinski definition) is 1. The van der Waals surface area contributed by atoms with Gasteiger partial charge in [-0.15, -0.1) is 0 Å². The highest BCUT2D eigenvalue weighted by atomic mass is 16.6. The van der Waals surface area contributed by atoms with Crippen LogP contribution in [0, 0.1) is 13.8 Å². The number of nitrogens with zero attached hydrogens (tertiary/aromatic N) is 2. The third-order valence-corrected chi connectivity index (χ3v) is 4.56. The molecule has 7 nitrogen and oxygen atoms in total. The first-order valence-electron chi connectivity index (χ1n) is 9.39. The zero-order valence-electron chi connectivity index (χ0n) is 17.3. The molecule has 2 aromatic carbocycles. The fourth-order valence-corrected chi connectivity index (χ4v) is 3.04. The average molecular weight is 395 g/mol. The number of aromatic nitrogens is 2. The topological polar surface area (TPSA) is 86.5 Å². The van der Waals surface area contributed by atoms with E-state index in [1.54, 1.807) is 7.11 Å². The minimum absolute atomic E-state index is 0.142. The van der Waals surface area contributed by atoms with E-state index < -0.39 is 0 Å². The van der Waals surface area contributed by atoms with E-state index in [9.17, 15) is 4.79 Å². The number of rotatable bonds is 7. The molecule has 0 bridgehead atoms. The van der Waals surface area contributed by atoms with Crippen molar-refractivity contribution in [2.75, 3.05) is 19.0 Å². The molecule has 1 amide bonds. The summed E-state index contributed by atoms with van der Waals surface area (Å²) in [5, 5.41) is 10.4. The van der Waals surface area contributed by atoms with Crippen LogP contribution in [0.3, 0.4) is 0 Å². The van der Waals surface area contributed by atoms with Gasteiger partial charge in [0, 0.05) is 5.56 Å². The summed E-state index contributed by atoms with van der Waals surface area (Å²) in [5.74, 6) is 1.67. The van der Waals surface area contributed by atoms with Crippen molar-refractivity contribution in [1.29, 1.82) is 0 Å². The van der Waals surface area contributed by atoms with Crippen LogP contribution in [0.15, 0.2) is 41.0 Å². The molecule has 0 aliphatic carbocycles. The quantitative estimate of drug-likeness (QED) is 0.634. The highest BCUT2D eigenvalue weighted by molar-refractivity contribution is 5.94. The molecule has 3 rings (SSSR count). The maximum atomic E-state index is 12.4. The number of carbonyl (C=O) groups excluding carboxylic acids is 1. The van der Waals surface area contributed by atoms with Gasteiger partial charge in [-0.1, -0.05) is 26.0 Å². The Morgan fingerprint density at radius 3 is 2.59 bits per heavy atom. The number of aryl methyl sites for hydroxylation is 2. The molecule has 152 valence electrons. The van der Waals surface area contributed by atoms with Gasteiger partial charge in [-0.3, -0.25) is 4.79 Å². The lowest BCUT2D eigenvalue weighted by molar-refractivity contribution is -0.118. The molecule has 1 heterocycles. The normalized spacial score (nSPS) is 10.8. The van der Waals surface area contributed by atoms with Gasteiger partial charge in [-0.2, -0.15) is 0 Å². The Morgan fingerprint density at radius 1 is 1.10 bits per heavy atom. The van der Waals surface area contributed by atoms with Gasteiger partial charge in [0.2, 0.25) is 5.82 Å². The van der Waals surface area contributed by atoms with Gasteiger partial charge in [0.15, 0.2) is 12.3 Å². The second-order valence-electron chi connectivity index (χ2n) is 7.18. The third-order valence-electron chi connectivity index (χ3n) is 4.56. The van der Waals surface area contributed by atoms with E-state index >= 15 is 0 Å². The minimum atomic E-state index is -0.344. The van der Waals surface area contributed by atoms with Crippen LogP contribution in [-0.4, -0.2) is 29.9 Å². The second-order valence-corrected chi connectivity index (χ2v) is 7.18. The van der Waals surface area contributed by atoms with Crippen LogP contribution >= 0.6 is 0 Å². The van der Waals surface area contributed by atoms with Crippen molar-refractivity contribution >= 4 is 11.7 Å². The van der Waals surface area contributed by atoms with Gasteiger partial charge < -0.3 is 14.8 Å². The number of methoxy groups -OCH3 is 1. The maximum Gasteiger partial charge on any atom is 0.263 e. The van der Waals surface area contributed by atoms with Gasteiger partial charge >= 0.3 is 0 Å². The van der Waals surface area contributed by atoms with Crippen molar-refractivity contribution in [2.24, 2.45) is 0 Å². The number of nitrogens with one attached hydrogen (secondary N) is 1. The molecule has 0 radical (unpaired) electrons. The van der Waals surface area contributed by atoms with Crippen molar-refractivity contribution in [1.82, 2.24) is 10.3 Å². The van der Waals surface area contributed by atoms with Gasteiger partial charge in [-0.25, -0.2) is 4.63 Å². The molecule has 3 aromatic rings. The summed E-state index contributed by atoms with van der Waals surface area (Å²) in [4.78, 5) is 12.4. The van der Waals surface area contributed by atoms with E-state index in [-0.39, 0.29) is 18.3 Å². The summed E-state index contributed by atoms with van der Waals surface area (Å²) in [7, 11) is 1.62. The van der Waals surface area contributed by atoms with E-state index in [0.717, 1.165) is 28.0 Å². The summed E-state index contributed by atoms with van der Waals surface area (Å²) in [6.07, 6.45) is 0. The highest BCUT2D eigenvalue weighted by Crippen LogP contribution is 2.29. The molecule has 0 atom stereocenters. The molecule has 0 saturated heterocycles. The second kappa shape index (κ2) is 8.77. The molecule has 29 heavy (non-hydrogen) atoms. The molecular weight excluding hydrogens is 370 g/mol. The number of hydrogen-bond acceptors (Lipinski definition) is 6. The highest BCUT2D eigenvalue weighted by Gasteiger charge is 2.17. The smallest absolute Gasteiger partial charge is 0.263 e. The van der Waals surface area contributed by atoms with Crippen LogP contribution in [0.1, 0.15) is 36.5 Å². The van der Waals surface area contributed by atoms with Crippen LogP contribution < -0.4 is 14.8 Å². The molecule has 0 unspecified atom stereocenters. The number of carbonyl (C=O) groups is 1. The van der Waals surface area contributed by atoms with Crippen molar-refractivity contribution in [3.8, 4) is 22.8 Å². The fourth-order valence-electron chi connectivity index (χ4n) is 3.04. The van der Waals surface area contributed by atoms with Gasteiger partial charge in [-0.05, 0) is 71.0 Å². The molecular formula is C22H25N3O4. The van der Waals surface area contributed by atoms with Crippen LogP contribution in [0.4, 0.5) is 5.82 Å². The van der Waals surface area contributed by atoms with E-state index in [1.165, 1.54) is 0 Å². The first kappa shape index (κ1) is 20.4. The molecule has 0 spiro atoms. The first-order chi connectivity index (χ1) is 13.9. The van der Waals surface area contributed by atoms with Crippen molar-refractivity contribution < 1.29 is 18.9 Å². The lowest BCUT2D eigenvalue weighted by Crippen LogP contribution is -2.21. The van der Waals surface area contributed by atoms with Crippen LogP contribution in [0.25, 0.3) is 11.3 Å². The molecule has 7 heteroatoms.